The topological polar surface area (TPSA) is 81.5 Å². The highest BCUT2D eigenvalue weighted by Gasteiger charge is 2.17. The highest BCUT2D eigenvalue weighted by atomic mass is 16.6. The molecule has 6 nitrogen and oxygen atoms in total. The maximum absolute atomic E-state index is 12.3. The number of amides is 1. The van der Waals surface area contributed by atoms with Crippen molar-refractivity contribution in [3.05, 3.63) is 94.5 Å². The molecule has 3 aromatic carbocycles. The first-order chi connectivity index (χ1) is 13.5. The first-order valence-corrected chi connectivity index (χ1v) is 8.87. The van der Waals surface area contributed by atoms with Crippen LogP contribution < -0.4 is 10.1 Å². The van der Waals surface area contributed by atoms with Gasteiger partial charge in [0.2, 0.25) is 0 Å². The molecule has 1 amide bonds. The van der Waals surface area contributed by atoms with Crippen molar-refractivity contribution in [3.8, 4) is 16.9 Å². The largest absolute Gasteiger partial charge is 0.481 e. The Labute approximate surface area is 162 Å². The van der Waals surface area contributed by atoms with E-state index in [9.17, 15) is 14.9 Å². The second-order valence-corrected chi connectivity index (χ2v) is 6.25. The van der Waals surface area contributed by atoms with Crippen LogP contribution in [0.1, 0.15) is 12.5 Å². The van der Waals surface area contributed by atoms with Crippen molar-refractivity contribution >= 4 is 11.6 Å². The lowest BCUT2D eigenvalue weighted by molar-refractivity contribution is -0.385. The van der Waals surface area contributed by atoms with Gasteiger partial charge in [0.05, 0.1) is 4.92 Å². The minimum absolute atomic E-state index is 0.0205. The molecule has 0 bridgehead atoms. The fraction of sp³-hybridized carbons (Fsp3) is 0.136. The summed E-state index contributed by atoms with van der Waals surface area (Å²) in [6.45, 7) is 1.70. The number of ether oxygens (including phenoxy) is 1. The number of para-hydroxylation sites is 1. The fourth-order valence-electron chi connectivity index (χ4n) is 2.78. The number of nitro benzene ring substituents is 1. The molecule has 3 aromatic rings. The van der Waals surface area contributed by atoms with Crippen LogP contribution in [0.3, 0.4) is 0 Å². The van der Waals surface area contributed by atoms with Crippen molar-refractivity contribution in [3.63, 3.8) is 0 Å². The Morgan fingerprint density at radius 2 is 1.57 bits per heavy atom. The number of carbonyl (C=O) groups excluding carboxylic acids is 1. The van der Waals surface area contributed by atoms with E-state index in [0.717, 1.165) is 11.1 Å². The molecule has 142 valence electrons. The Balaban J connectivity index is 1.58. The molecule has 0 radical (unpaired) electrons. The summed E-state index contributed by atoms with van der Waals surface area (Å²) in [5, 5.41) is 13.7. The summed E-state index contributed by atoms with van der Waals surface area (Å²) in [7, 11) is 0. The molecule has 3 rings (SSSR count). The molecular weight excluding hydrogens is 356 g/mol. The summed E-state index contributed by atoms with van der Waals surface area (Å²) in [6, 6.07) is 23.8. The second kappa shape index (κ2) is 8.81. The van der Waals surface area contributed by atoms with Crippen LogP contribution in [0.25, 0.3) is 11.1 Å². The van der Waals surface area contributed by atoms with E-state index in [4.69, 9.17) is 4.74 Å². The lowest BCUT2D eigenvalue weighted by Gasteiger charge is -2.15. The number of benzene rings is 3. The third-order valence-corrected chi connectivity index (χ3v) is 4.28. The minimum atomic E-state index is -0.731. The van der Waals surface area contributed by atoms with Gasteiger partial charge in [0.15, 0.2) is 6.10 Å². The molecule has 0 saturated carbocycles. The van der Waals surface area contributed by atoms with E-state index in [1.807, 2.05) is 54.6 Å². The van der Waals surface area contributed by atoms with Gasteiger partial charge in [-0.05, 0) is 30.2 Å². The van der Waals surface area contributed by atoms with Crippen LogP contribution >= 0.6 is 0 Å². The van der Waals surface area contributed by atoms with Gasteiger partial charge in [0.25, 0.3) is 11.6 Å². The van der Waals surface area contributed by atoms with Gasteiger partial charge in [-0.15, -0.1) is 0 Å². The molecule has 0 aliphatic heterocycles. The average Bonchev–Trinajstić information content (AvgIpc) is 2.73. The molecule has 1 N–H and O–H groups in total. The number of nitro groups is 1. The number of nitrogens with one attached hydrogen (secondary N) is 1. The number of hydrogen-bond acceptors (Lipinski definition) is 4. The highest BCUT2D eigenvalue weighted by molar-refractivity contribution is 5.80. The van der Waals surface area contributed by atoms with Crippen LogP contribution in [0.15, 0.2) is 78.9 Å². The lowest BCUT2D eigenvalue weighted by Crippen LogP contribution is -2.36. The zero-order chi connectivity index (χ0) is 19.9. The molecule has 1 unspecified atom stereocenters. The third-order valence-electron chi connectivity index (χ3n) is 4.28. The van der Waals surface area contributed by atoms with Crippen molar-refractivity contribution in [2.24, 2.45) is 0 Å². The van der Waals surface area contributed by atoms with Crippen molar-refractivity contribution in [1.82, 2.24) is 5.32 Å². The Morgan fingerprint density at radius 3 is 2.25 bits per heavy atom. The van der Waals surface area contributed by atoms with E-state index in [0.29, 0.717) is 11.3 Å². The van der Waals surface area contributed by atoms with Crippen LogP contribution in [-0.2, 0) is 11.3 Å². The van der Waals surface area contributed by atoms with E-state index >= 15 is 0 Å². The summed E-state index contributed by atoms with van der Waals surface area (Å²) in [5.74, 6) is 0.235. The molecule has 0 aromatic heterocycles. The Morgan fingerprint density at radius 1 is 0.964 bits per heavy atom. The van der Waals surface area contributed by atoms with Crippen molar-refractivity contribution in [2.45, 2.75) is 19.6 Å². The van der Waals surface area contributed by atoms with Gasteiger partial charge < -0.3 is 10.1 Å². The van der Waals surface area contributed by atoms with Crippen LogP contribution in [0.5, 0.6) is 5.75 Å². The Hall–Kier alpha value is -3.67. The zero-order valence-electron chi connectivity index (χ0n) is 15.4. The molecule has 0 aliphatic carbocycles. The molecular formula is C22H20N2O4. The smallest absolute Gasteiger partial charge is 0.274 e. The molecule has 28 heavy (non-hydrogen) atoms. The number of rotatable bonds is 7. The maximum Gasteiger partial charge on any atom is 0.274 e. The van der Waals surface area contributed by atoms with Gasteiger partial charge in [-0.3, -0.25) is 14.9 Å². The molecule has 0 saturated heterocycles. The van der Waals surface area contributed by atoms with Crippen LogP contribution in [-0.4, -0.2) is 16.9 Å². The first kappa shape index (κ1) is 19.1. The Bertz CT molecular complexity index is 956. The quantitative estimate of drug-likeness (QED) is 0.491. The fourth-order valence-corrected chi connectivity index (χ4v) is 2.78. The lowest BCUT2D eigenvalue weighted by atomic mass is 10.1. The Kier molecular flexibility index (Phi) is 6.01. The summed E-state index contributed by atoms with van der Waals surface area (Å²) in [4.78, 5) is 22.9. The molecule has 1 atom stereocenters. The minimum Gasteiger partial charge on any atom is -0.481 e. The maximum atomic E-state index is 12.3. The van der Waals surface area contributed by atoms with E-state index < -0.39 is 11.0 Å². The third kappa shape index (κ3) is 4.73. The van der Waals surface area contributed by atoms with Gasteiger partial charge in [-0.25, -0.2) is 0 Å². The van der Waals surface area contributed by atoms with Crippen LogP contribution in [0.4, 0.5) is 5.69 Å². The average molecular weight is 376 g/mol. The SMILES string of the molecule is CC(Oc1ccc(-c2ccccc2)cc1)C(=O)NCc1ccccc1[N+](=O)[O-]. The van der Waals surface area contributed by atoms with E-state index in [2.05, 4.69) is 5.32 Å². The number of hydrogen-bond donors (Lipinski definition) is 1. The second-order valence-electron chi connectivity index (χ2n) is 6.25. The van der Waals surface area contributed by atoms with Crippen molar-refractivity contribution in [2.75, 3.05) is 0 Å². The molecule has 0 fully saturated rings. The van der Waals surface area contributed by atoms with Crippen molar-refractivity contribution < 1.29 is 14.5 Å². The number of nitrogens with zero attached hydrogens (tertiary/aromatic N) is 1. The predicted octanol–water partition coefficient (Wildman–Crippen LogP) is 4.35. The molecule has 0 aliphatic rings. The zero-order valence-corrected chi connectivity index (χ0v) is 15.4. The summed E-state index contributed by atoms with van der Waals surface area (Å²) in [5.41, 5.74) is 2.58. The predicted molar refractivity (Wildman–Crippen MR) is 107 cm³/mol. The standard InChI is InChI=1S/C22H20N2O4/c1-16(22(25)23-15-19-9-5-6-10-21(19)24(26)27)28-20-13-11-18(12-14-20)17-7-3-2-4-8-17/h2-14,16H,15H2,1H3,(H,23,25). The highest BCUT2D eigenvalue weighted by Crippen LogP contribution is 2.23. The van der Waals surface area contributed by atoms with E-state index in [1.165, 1.54) is 6.07 Å². The van der Waals surface area contributed by atoms with Crippen LogP contribution in [0, 0.1) is 10.1 Å². The first-order valence-electron chi connectivity index (χ1n) is 8.87. The van der Waals surface area contributed by atoms with Gasteiger partial charge >= 0.3 is 0 Å². The summed E-state index contributed by atoms with van der Waals surface area (Å²) < 4.78 is 5.69. The number of carbonyl (C=O) groups is 1. The monoisotopic (exact) mass is 376 g/mol. The normalized spacial score (nSPS) is 11.5. The van der Waals surface area contributed by atoms with Gasteiger partial charge in [-0.2, -0.15) is 0 Å². The van der Waals surface area contributed by atoms with E-state index in [1.54, 1.807) is 25.1 Å². The summed E-state index contributed by atoms with van der Waals surface area (Å²) in [6.07, 6.45) is -0.731. The van der Waals surface area contributed by atoms with E-state index in [-0.39, 0.29) is 18.1 Å². The molecule has 6 heteroatoms. The van der Waals surface area contributed by atoms with Gasteiger partial charge in [0, 0.05) is 18.2 Å². The van der Waals surface area contributed by atoms with Gasteiger partial charge in [-0.1, -0.05) is 60.7 Å². The van der Waals surface area contributed by atoms with Gasteiger partial charge in [0.1, 0.15) is 5.75 Å². The summed E-state index contributed by atoms with van der Waals surface area (Å²) >= 11 is 0. The van der Waals surface area contributed by atoms with Crippen molar-refractivity contribution in [1.29, 1.82) is 0 Å². The van der Waals surface area contributed by atoms with Crippen LogP contribution in [0.2, 0.25) is 0 Å². The molecule has 0 heterocycles. The molecule has 0 spiro atoms.